The van der Waals surface area contributed by atoms with Crippen LogP contribution in [0.15, 0.2) is 37.1 Å². The lowest BCUT2D eigenvalue weighted by atomic mass is 9.62. The molecule has 4 rings (SSSR count). The van der Waals surface area contributed by atoms with Crippen LogP contribution in [0.1, 0.15) is 88.0 Å². The van der Waals surface area contributed by atoms with Gasteiger partial charge in [-0.3, -0.25) is 19.4 Å². The lowest BCUT2D eigenvalue weighted by molar-refractivity contribution is -0.175. The molecule has 4 heterocycles. The second-order valence-corrected chi connectivity index (χ2v) is 14.8. The van der Waals surface area contributed by atoms with Gasteiger partial charge in [0.1, 0.15) is 23.6 Å². The highest BCUT2D eigenvalue weighted by atomic mass is 16.6. The van der Waals surface area contributed by atoms with Crippen molar-refractivity contribution >= 4 is 23.6 Å². The van der Waals surface area contributed by atoms with Crippen molar-refractivity contribution in [3.63, 3.8) is 0 Å². The highest BCUT2D eigenvalue weighted by molar-refractivity contribution is 6.00. The highest BCUT2D eigenvalue weighted by Crippen LogP contribution is 2.47. The van der Waals surface area contributed by atoms with Gasteiger partial charge >= 0.3 is 12.1 Å². The number of rotatable bonds is 8. The number of unbranched alkanes of at least 4 members (excludes halogenated alkanes) is 1. The minimum atomic E-state index is -1.32. The summed E-state index contributed by atoms with van der Waals surface area (Å²) < 4.78 is 20.2. The summed E-state index contributed by atoms with van der Waals surface area (Å²) >= 11 is 0. The molecule has 1 amide bonds. The van der Waals surface area contributed by atoms with Gasteiger partial charge in [-0.1, -0.05) is 41.5 Å². The smallest absolute Gasteiger partial charge is 0.410 e. The molecule has 11 heteroatoms. The number of Topliss-reactive ketones (excluding diaryl/α,β-unsaturated/α-hetero) is 2. The summed E-state index contributed by atoms with van der Waals surface area (Å²) in [5, 5.41) is 0. The van der Waals surface area contributed by atoms with Gasteiger partial charge in [-0.15, -0.1) is 0 Å². The summed E-state index contributed by atoms with van der Waals surface area (Å²) in [4.78, 5) is 65.6. The molecule has 0 bridgehead atoms. The van der Waals surface area contributed by atoms with Gasteiger partial charge in [-0.25, -0.2) is 9.78 Å². The van der Waals surface area contributed by atoms with E-state index in [9.17, 15) is 19.2 Å². The zero-order chi connectivity index (χ0) is 35.6. The minimum absolute atomic E-state index is 0.0412. The van der Waals surface area contributed by atoms with E-state index in [2.05, 4.69) is 9.97 Å². The van der Waals surface area contributed by atoms with E-state index in [-0.39, 0.29) is 11.6 Å². The van der Waals surface area contributed by atoms with Crippen LogP contribution >= 0.6 is 0 Å². The first-order valence-corrected chi connectivity index (χ1v) is 17.3. The minimum Gasteiger partial charge on any atom is -0.458 e. The summed E-state index contributed by atoms with van der Waals surface area (Å²) in [6.45, 7) is 17.6. The SMILES string of the molecule is CC[C@H]1OC(=O)[C@H](C)C(=O)[C@H](C)C(C)(C)[C@](C)(OC)C[C@@H](C)C(=O)[C@H](C)[C@H]2N(CCCCn3cnc(-c4cccnc4)c3)C(=O)O[C@]12C. The first-order valence-electron chi connectivity index (χ1n) is 17.3. The number of carbonyl (C=O) groups is 4. The largest absolute Gasteiger partial charge is 0.458 e. The second kappa shape index (κ2) is 14.5. The van der Waals surface area contributed by atoms with E-state index in [1.807, 2.05) is 71.4 Å². The number of aromatic nitrogens is 3. The maximum atomic E-state index is 14.3. The topological polar surface area (TPSA) is 130 Å². The van der Waals surface area contributed by atoms with Gasteiger partial charge in [0.25, 0.3) is 0 Å². The lowest BCUT2D eigenvalue weighted by Crippen LogP contribution is -2.58. The molecule has 2 aromatic heterocycles. The quantitative estimate of drug-likeness (QED) is 0.185. The second-order valence-electron chi connectivity index (χ2n) is 14.8. The van der Waals surface area contributed by atoms with Gasteiger partial charge in [0.2, 0.25) is 0 Å². The molecule has 2 saturated heterocycles. The summed E-state index contributed by atoms with van der Waals surface area (Å²) in [6, 6.07) is 3.14. The highest BCUT2D eigenvalue weighted by Gasteiger charge is 2.60. The Hall–Kier alpha value is -3.60. The average molecular weight is 667 g/mol. The van der Waals surface area contributed by atoms with Crippen molar-refractivity contribution in [2.75, 3.05) is 13.7 Å². The molecule has 0 spiro atoms. The molecule has 2 fully saturated rings. The van der Waals surface area contributed by atoms with Crippen molar-refractivity contribution in [1.29, 1.82) is 0 Å². The number of aryl methyl sites for hydroxylation is 1. The van der Waals surface area contributed by atoms with Crippen molar-refractivity contribution in [3.05, 3.63) is 37.1 Å². The van der Waals surface area contributed by atoms with Crippen molar-refractivity contribution in [1.82, 2.24) is 19.4 Å². The Kier molecular flexibility index (Phi) is 11.2. The van der Waals surface area contributed by atoms with E-state index >= 15 is 0 Å². The molecule has 2 aliphatic rings. The molecular weight excluding hydrogens is 612 g/mol. The van der Waals surface area contributed by atoms with Crippen molar-refractivity contribution in [2.24, 2.45) is 29.1 Å². The monoisotopic (exact) mass is 666 g/mol. The number of hydrogen-bond donors (Lipinski definition) is 0. The van der Waals surface area contributed by atoms with Crippen LogP contribution < -0.4 is 0 Å². The predicted molar refractivity (Wildman–Crippen MR) is 181 cm³/mol. The number of hydrogen-bond acceptors (Lipinski definition) is 9. The van der Waals surface area contributed by atoms with Gasteiger partial charge in [-0.05, 0) is 58.6 Å². The molecule has 2 aromatic rings. The number of ether oxygens (including phenoxy) is 3. The van der Waals surface area contributed by atoms with E-state index < -0.39 is 64.5 Å². The fraction of sp³-hybridized carbons (Fsp3) is 0.676. The Morgan fingerprint density at radius 1 is 1.00 bits per heavy atom. The fourth-order valence-electron chi connectivity index (χ4n) is 7.76. The Bertz CT molecular complexity index is 1470. The van der Waals surface area contributed by atoms with Gasteiger partial charge in [-0.2, -0.15) is 0 Å². The third-order valence-corrected chi connectivity index (χ3v) is 11.6. The number of nitrogens with zero attached hydrogens (tertiary/aromatic N) is 4. The van der Waals surface area contributed by atoms with Gasteiger partial charge in [0, 0.05) is 67.5 Å². The number of esters is 1. The van der Waals surface area contributed by atoms with E-state index in [0.29, 0.717) is 32.4 Å². The van der Waals surface area contributed by atoms with Crippen molar-refractivity contribution < 1.29 is 33.4 Å². The third-order valence-electron chi connectivity index (χ3n) is 11.6. The van der Waals surface area contributed by atoms with Crippen molar-refractivity contribution in [2.45, 2.75) is 118 Å². The summed E-state index contributed by atoms with van der Waals surface area (Å²) in [5.41, 5.74) is -1.14. The Labute approximate surface area is 285 Å². The zero-order valence-corrected chi connectivity index (χ0v) is 30.3. The van der Waals surface area contributed by atoms with Crippen LogP contribution in [0.25, 0.3) is 11.3 Å². The van der Waals surface area contributed by atoms with Gasteiger partial charge in [0.15, 0.2) is 5.60 Å². The fourth-order valence-corrected chi connectivity index (χ4v) is 7.76. The van der Waals surface area contributed by atoms with Gasteiger partial charge < -0.3 is 23.7 Å². The average Bonchev–Trinajstić information content (AvgIpc) is 3.65. The van der Waals surface area contributed by atoms with Crippen LogP contribution in [-0.2, 0) is 35.1 Å². The van der Waals surface area contributed by atoms with Gasteiger partial charge in [0.05, 0.1) is 23.7 Å². The summed E-state index contributed by atoms with van der Waals surface area (Å²) in [6.07, 6.45) is 7.93. The maximum absolute atomic E-state index is 14.3. The van der Waals surface area contributed by atoms with Crippen LogP contribution in [0, 0.1) is 29.1 Å². The number of cyclic esters (lactones) is 1. The normalized spacial score (nSPS) is 33.2. The molecule has 264 valence electrons. The predicted octanol–water partition coefficient (Wildman–Crippen LogP) is 6.14. The first-order chi connectivity index (χ1) is 22.5. The molecule has 0 radical (unpaired) electrons. The molecule has 8 atom stereocenters. The molecule has 11 nitrogen and oxygen atoms in total. The number of amides is 1. The van der Waals surface area contributed by atoms with E-state index in [1.54, 1.807) is 44.6 Å². The Balaban J connectivity index is 1.62. The van der Waals surface area contributed by atoms with Crippen LogP contribution in [0.3, 0.4) is 0 Å². The Morgan fingerprint density at radius 3 is 2.31 bits per heavy atom. The Morgan fingerprint density at radius 2 is 1.69 bits per heavy atom. The first kappa shape index (κ1) is 37.2. The molecule has 0 saturated carbocycles. The van der Waals surface area contributed by atoms with Crippen LogP contribution in [0.4, 0.5) is 4.79 Å². The number of ketones is 2. The third kappa shape index (κ3) is 6.93. The van der Waals surface area contributed by atoms with E-state index in [1.165, 1.54) is 0 Å². The standard InChI is InChI=1S/C37H54N4O7/c1-11-29-37(9)32(41(34(45)48-37)18-13-12-17-40-21-28(39-22-40)27-15-14-16-38-20-27)24(3)30(42)23(2)19-36(8,46-10)35(6,7)26(5)31(43)25(4)33(44)47-29/h14-16,20-26,29,32H,11-13,17-19H2,1-10H3/t23-,24+,25-,26+,29-,32-,36-,37-/m1/s1. The van der Waals surface area contributed by atoms with Crippen LogP contribution in [0.2, 0.25) is 0 Å². The van der Waals surface area contributed by atoms with E-state index in [0.717, 1.165) is 17.7 Å². The molecule has 0 aromatic carbocycles. The van der Waals surface area contributed by atoms with Crippen LogP contribution in [-0.4, -0.2) is 80.1 Å². The molecule has 2 aliphatic heterocycles. The summed E-state index contributed by atoms with van der Waals surface area (Å²) in [7, 11) is 1.60. The summed E-state index contributed by atoms with van der Waals surface area (Å²) in [5.74, 6) is -3.66. The molecule has 0 aliphatic carbocycles. The number of methoxy groups -OCH3 is 1. The maximum Gasteiger partial charge on any atom is 0.410 e. The molecular formula is C37H54N4O7. The lowest BCUT2D eigenvalue weighted by Gasteiger charge is -2.48. The molecule has 0 N–H and O–H groups in total. The number of pyridine rings is 1. The number of fused-ring (bicyclic) bond motifs is 1. The van der Waals surface area contributed by atoms with E-state index in [4.69, 9.17) is 14.2 Å². The zero-order valence-electron chi connectivity index (χ0n) is 30.3. The molecule has 0 unspecified atom stereocenters. The molecule has 48 heavy (non-hydrogen) atoms. The van der Waals surface area contributed by atoms with Crippen LogP contribution in [0.5, 0.6) is 0 Å². The van der Waals surface area contributed by atoms with Crippen molar-refractivity contribution in [3.8, 4) is 11.3 Å². The number of carbonyl (C=O) groups excluding carboxylic acids is 4. The number of imidazole rings is 1.